The first kappa shape index (κ1) is 19.5. The minimum atomic E-state index is -4.91. The number of H-pyrrole nitrogens is 1. The second-order valence-electron chi connectivity index (χ2n) is 5.01. The van der Waals surface area contributed by atoms with E-state index in [2.05, 4.69) is 9.72 Å². The van der Waals surface area contributed by atoms with Crippen LogP contribution in [0.1, 0.15) is 18.2 Å². The van der Waals surface area contributed by atoms with E-state index in [-0.39, 0.29) is 22.5 Å². The lowest BCUT2D eigenvalue weighted by atomic mass is 10.0. The van der Waals surface area contributed by atoms with Gasteiger partial charge in [0, 0.05) is 17.0 Å². The zero-order chi connectivity index (χ0) is 19.5. The molecule has 0 bridgehead atoms. The van der Waals surface area contributed by atoms with Crippen LogP contribution < -0.4 is 0 Å². The van der Waals surface area contributed by atoms with E-state index in [1.165, 1.54) is 18.3 Å². The van der Waals surface area contributed by atoms with Crippen LogP contribution in [-0.2, 0) is 21.9 Å². The Hall–Kier alpha value is -2.78. The van der Waals surface area contributed by atoms with E-state index in [1.807, 2.05) is 4.98 Å². The molecule has 10 heteroatoms. The van der Waals surface area contributed by atoms with Gasteiger partial charge < -0.3 is 9.72 Å². The van der Waals surface area contributed by atoms with Crippen LogP contribution in [-0.4, -0.2) is 23.0 Å². The molecular formula is C16H12F6N2O2. The number of carbonyl (C=O) groups excluding carboxylic acids is 1. The molecule has 0 saturated heterocycles. The molecule has 0 aliphatic carbocycles. The largest absolute Gasteiger partial charge is 0.468 e. The summed E-state index contributed by atoms with van der Waals surface area (Å²) in [4.78, 5) is 15.0. The monoisotopic (exact) mass is 378 g/mol. The minimum absolute atomic E-state index is 0.0732. The van der Waals surface area contributed by atoms with Crippen molar-refractivity contribution in [2.24, 2.45) is 0 Å². The summed E-state index contributed by atoms with van der Waals surface area (Å²) >= 11 is 0. The number of aromatic nitrogens is 2. The van der Waals surface area contributed by atoms with Gasteiger partial charge in [-0.25, -0.2) is 0 Å². The zero-order valence-electron chi connectivity index (χ0n) is 13.2. The number of fused-ring (bicyclic) bond motifs is 3. The van der Waals surface area contributed by atoms with Gasteiger partial charge in [-0.1, -0.05) is 12.1 Å². The fraction of sp³-hybridized carbons (Fsp3) is 0.250. The van der Waals surface area contributed by atoms with Gasteiger partial charge >= 0.3 is 12.4 Å². The maximum absolute atomic E-state index is 13.0. The lowest BCUT2D eigenvalue weighted by molar-refractivity contribution is -0.144. The van der Waals surface area contributed by atoms with Crippen molar-refractivity contribution in [3.8, 4) is 0 Å². The van der Waals surface area contributed by atoms with Crippen LogP contribution in [0.25, 0.3) is 21.8 Å². The second kappa shape index (κ2) is 7.22. The van der Waals surface area contributed by atoms with Crippen LogP contribution in [0, 0.1) is 0 Å². The number of aromatic amines is 1. The van der Waals surface area contributed by atoms with Crippen LogP contribution in [0.4, 0.5) is 26.3 Å². The van der Waals surface area contributed by atoms with Crippen molar-refractivity contribution in [1.82, 2.24) is 9.97 Å². The summed E-state index contributed by atoms with van der Waals surface area (Å²) in [6.07, 6.45) is -8.48. The molecular weight excluding hydrogens is 366 g/mol. The first-order valence-electron chi connectivity index (χ1n) is 7.19. The molecule has 0 spiro atoms. The van der Waals surface area contributed by atoms with Crippen molar-refractivity contribution >= 4 is 28.3 Å². The van der Waals surface area contributed by atoms with Crippen LogP contribution in [0.2, 0.25) is 0 Å². The predicted octanol–water partition coefficient (Wildman–Crippen LogP) is 4.93. The highest BCUT2D eigenvalue weighted by molar-refractivity contribution is 6.04. The third kappa shape index (κ3) is 4.06. The Bertz CT molecular complexity index is 915. The van der Waals surface area contributed by atoms with E-state index in [1.54, 1.807) is 6.92 Å². The standard InChI is InChI=1S/C13H6F6N2.C3H6O2/c14-12(15,16)8-5-9(13(17,18)19)21-11-7(8)2-1-6-3-4-20-10(6)11;1-2-5-3-4/h1-5,21H;3H,2H2,1H3. The molecule has 2 aromatic heterocycles. The molecule has 0 atom stereocenters. The summed E-state index contributed by atoms with van der Waals surface area (Å²) < 4.78 is 81.6. The zero-order valence-corrected chi connectivity index (χ0v) is 13.2. The number of nitrogens with one attached hydrogen (secondary N) is 1. The third-order valence-corrected chi connectivity index (χ3v) is 3.35. The molecule has 0 fully saturated rings. The maximum Gasteiger partial charge on any atom is 0.431 e. The van der Waals surface area contributed by atoms with Gasteiger partial charge in [0.15, 0.2) is 0 Å². The number of hydrogen-bond acceptors (Lipinski definition) is 3. The molecule has 140 valence electrons. The Kier molecular flexibility index (Phi) is 5.43. The van der Waals surface area contributed by atoms with E-state index in [9.17, 15) is 31.1 Å². The highest BCUT2D eigenvalue weighted by atomic mass is 19.4. The average Bonchev–Trinajstić information content (AvgIpc) is 3.02. The second-order valence-corrected chi connectivity index (χ2v) is 5.01. The van der Waals surface area contributed by atoms with Crippen LogP contribution in [0.15, 0.2) is 30.5 Å². The number of alkyl halides is 6. The van der Waals surface area contributed by atoms with Gasteiger partial charge in [0.05, 0.1) is 23.2 Å². The molecule has 4 nitrogen and oxygen atoms in total. The molecule has 0 aliphatic rings. The van der Waals surface area contributed by atoms with Gasteiger partial charge in [0.1, 0.15) is 5.69 Å². The SMILES string of the molecule is CCOC=O.FC(F)(F)c1cc(C(F)(F)F)c2ccc3ccnc3c2[nH]1. The quantitative estimate of drug-likeness (QED) is 0.508. The third-order valence-electron chi connectivity index (χ3n) is 3.35. The first-order valence-corrected chi connectivity index (χ1v) is 7.19. The maximum atomic E-state index is 13.0. The number of carbonyl (C=O) groups is 1. The number of benzene rings is 1. The Morgan fingerprint density at radius 3 is 2.31 bits per heavy atom. The molecule has 26 heavy (non-hydrogen) atoms. The summed E-state index contributed by atoms with van der Waals surface area (Å²) in [6.45, 7) is 2.66. The summed E-state index contributed by atoms with van der Waals surface area (Å²) in [7, 11) is 0. The Balaban J connectivity index is 0.000000431. The van der Waals surface area contributed by atoms with Crippen molar-refractivity contribution in [2.45, 2.75) is 19.3 Å². The van der Waals surface area contributed by atoms with Crippen LogP contribution in [0.5, 0.6) is 0 Å². The number of hydrogen-bond donors (Lipinski definition) is 1. The van der Waals surface area contributed by atoms with Gasteiger partial charge in [-0.2, -0.15) is 26.3 Å². The molecule has 1 aromatic carbocycles. The number of pyridine rings is 1. The minimum Gasteiger partial charge on any atom is -0.468 e. The van der Waals surface area contributed by atoms with Gasteiger partial charge in [-0.3, -0.25) is 9.78 Å². The summed E-state index contributed by atoms with van der Waals surface area (Å²) in [5, 5.41) is 0.118. The van der Waals surface area contributed by atoms with Gasteiger partial charge in [0.2, 0.25) is 0 Å². The molecule has 0 unspecified atom stereocenters. The van der Waals surface area contributed by atoms with E-state index >= 15 is 0 Å². The number of halogens is 6. The molecule has 0 aliphatic heterocycles. The molecule has 0 radical (unpaired) electrons. The molecule has 2 heterocycles. The van der Waals surface area contributed by atoms with Crippen LogP contribution >= 0.6 is 0 Å². The number of ether oxygens (including phenoxy) is 1. The van der Waals surface area contributed by atoms with Crippen molar-refractivity contribution in [3.63, 3.8) is 0 Å². The summed E-state index contributed by atoms with van der Waals surface area (Å²) in [6, 6.07) is 4.12. The fourth-order valence-corrected chi connectivity index (χ4v) is 2.27. The Morgan fingerprint density at radius 2 is 1.81 bits per heavy atom. The summed E-state index contributed by atoms with van der Waals surface area (Å²) in [5.41, 5.74) is -3.00. The van der Waals surface area contributed by atoms with Crippen molar-refractivity contribution in [2.75, 3.05) is 6.61 Å². The number of rotatable bonds is 2. The lowest BCUT2D eigenvalue weighted by Gasteiger charge is -2.15. The first-order chi connectivity index (χ1) is 12.1. The van der Waals surface area contributed by atoms with Crippen molar-refractivity contribution < 1.29 is 35.9 Å². The topological polar surface area (TPSA) is 55.0 Å². The van der Waals surface area contributed by atoms with Crippen molar-refractivity contribution in [3.05, 3.63) is 41.7 Å². The van der Waals surface area contributed by atoms with Crippen molar-refractivity contribution in [1.29, 1.82) is 0 Å². The van der Waals surface area contributed by atoms with E-state index in [4.69, 9.17) is 0 Å². The van der Waals surface area contributed by atoms with Gasteiger partial charge in [-0.15, -0.1) is 0 Å². The smallest absolute Gasteiger partial charge is 0.431 e. The average molecular weight is 378 g/mol. The molecule has 1 N–H and O–H groups in total. The lowest BCUT2D eigenvalue weighted by Crippen LogP contribution is -2.13. The van der Waals surface area contributed by atoms with Crippen LogP contribution in [0.3, 0.4) is 0 Å². The molecule has 0 saturated carbocycles. The van der Waals surface area contributed by atoms with Gasteiger partial charge in [0.25, 0.3) is 6.47 Å². The Labute approximate surface area is 142 Å². The van der Waals surface area contributed by atoms with E-state index < -0.39 is 23.6 Å². The van der Waals surface area contributed by atoms with Gasteiger partial charge in [-0.05, 0) is 19.1 Å². The Morgan fingerprint density at radius 1 is 1.12 bits per heavy atom. The van der Waals surface area contributed by atoms with E-state index in [0.29, 0.717) is 18.5 Å². The summed E-state index contributed by atoms with van der Waals surface area (Å²) in [5.74, 6) is 0. The number of nitrogens with zero attached hydrogens (tertiary/aromatic N) is 1. The predicted molar refractivity (Wildman–Crippen MR) is 81.3 cm³/mol. The normalized spacial score (nSPS) is 12.0. The fourth-order valence-electron chi connectivity index (χ4n) is 2.27. The molecule has 3 aromatic rings. The highest BCUT2D eigenvalue weighted by Gasteiger charge is 2.38. The molecule has 0 amide bonds. The van der Waals surface area contributed by atoms with E-state index in [0.717, 1.165) is 6.07 Å². The highest BCUT2D eigenvalue weighted by Crippen LogP contribution is 2.39. The molecule has 3 rings (SSSR count).